The molecule has 0 N–H and O–H groups in total. The first kappa shape index (κ1) is 10.0. The Bertz CT molecular complexity index is 350. The average Bonchev–Trinajstić information content (AvgIpc) is 2.56. The van der Waals surface area contributed by atoms with Crippen molar-refractivity contribution in [1.29, 1.82) is 0 Å². The number of nitrogens with zero attached hydrogens (tertiary/aromatic N) is 2. The molecule has 0 aromatic heterocycles. The third kappa shape index (κ3) is 1.69. The quantitative estimate of drug-likeness (QED) is 0.734. The van der Waals surface area contributed by atoms with Crippen molar-refractivity contribution in [3.63, 3.8) is 0 Å². The second-order valence-corrected chi connectivity index (χ2v) is 3.87. The van der Waals surface area contributed by atoms with Crippen LogP contribution in [-0.2, 0) is 4.79 Å². The minimum atomic E-state index is 0.102. The maximum absolute atomic E-state index is 11.8. The molecule has 1 heterocycles. The van der Waals surface area contributed by atoms with Crippen LogP contribution >= 0.6 is 0 Å². The number of carbonyl (C=O) groups excluding carboxylic acids is 1. The van der Waals surface area contributed by atoms with Crippen molar-refractivity contribution in [2.75, 3.05) is 18.1 Å². The Balaban J connectivity index is 2.27. The number of benzene rings is 1. The van der Waals surface area contributed by atoms with Gasteiger partial charge in [-0.25, -0.2) is 0 Å². The van der Waals surface area contributed by atoms with Gasteiger partial charge in [0.25, 0.3) is 0 Å². The highest BCUT2D eigenvalue weighted by molar-refractivity contribution is 5.84. The van der Waals surface area contributed by atoms with Crippen LogP contribution in [-0.4, -0.2) is 24.0 Å². The highest BCUT2D eigenvalue weighted by Gasteiger charge is 2.33. The number of amides is 1. The number of hydrazine groups is 1. The van der Waals surface area contributed by atoms with Gasteiger partial charge in [-0.1, -0.05) is 25.1 Å². The van der Waals surface area contributed by atoms with Crippen LogP contribution < -0.4 is 5.01 Å². The number of hydrogen-bond donors (Lipinski definition) is 0. The van der Waals surface area contributed by atoms with Gasteiger partial charge in [-0.05, 0) is 19.1 Å². The van der Waals surface area contributed by atoms with Crippen molar-refractivity contribution in [3.8, 4) is 0 Å². The summed E-state index contributed by atoms with van der Waals surface area (Å²) in [5.74, 6) is 0.325. The van der Waals surface area contributed by atoms with Crippen LogP contribution in [0.3, 0.4) is 0 Å². The molecule has 0 spiro atoms. The van der Waals surface area contributed by atoms with E-state index in [2.05, 4.69) is 5.01 Å². The molecular formula is C12H16N2O. The van der Waals surface area contributed by atoms with Crippen molar-refractivity contribution in [2.45, 2.75) is 13.8 Å². The predicted octanol–water partition coefficient (Wildman–Crippen LogP) is 1.91. The summed E-state index contributed by atoms with van der Waals surface area (Å²) in [5.41, 5.74) is 1.09. The summed E-state index contributed by atoms with van der Waals surface area (Å²) in [5, 5.41) is 3.88. The number of rotatable bonds is 2. The lowest BCUT2D eigenvalue weighted by molar-refractivity contribution is -0.130. The van der Waals surface area contributed by atoms with Gasteiger partial charge in [-0.2, -0.15) is 0 Å². The molecular weight excluding hydrogens is 188 g/mol. The summed E-state index contributed by atoms with van der Waals surface area (Å²) in [6.07, 6.45) is 0. The first-order valence-corrected chi connectivity index (χ1v) is 5.38. The van der Waals surface area contributed by atoms with Crippen LogP contribution in [0.5, 0.6) is 0 Å². The van der Waals surface area contributed by atoms with Gasteiger partial charge in [0.2, 0.25) is 5.91 Å². The van der Waals surface area contributed by atoms with Crippen molar-refractivity contribution in [2.24, 2.45) is 5.92 Å². The molecule has 1 aliphatic rings. The zero-order valence-electron chi connectivity index (χ0n) is 9.18. The van der Waals surface area contributed by atoms with E-state index in [1.807, 2.05) is 49.2 Å². The van der Waals surface area contributed by atoms with Crippen LogP contribution in [0, 0.1) is 5.92 Å². The Kier molecular flexibility index (Phi) is 2.62. The topological polar surface area (TPSA) is 23.6 Å². The molecule has 1 saturated heterocycles. The molecule has 0 radical (unpaired) electrons. The molecule has 0 aliphatic carbocycles. The van der Waals surface area contributed by atoms with E-state index in [4.69, 9.17) is 0 Å². The standard InChI is InChI=1S/C12H16N2O/c1-3-13-12(15)10(2)9-14(13)11-7-5-4-6-8-11/h4-8,10H,3,9H2,1-2H3. The molecule has 1 unspecified atom stereocenters. The van der Waals surface area contributed by atoms with Gasteiger partial charge in [0.15, 0.2) is 0 Å². The molecule has 1 aromatic rings. The first-order chi connectivity index (χ1) is 7.24. The van der Waals surface area contributed by atoms with E-state index in [0.717, 1.165) is 18.8 Å². The fourth-order valence-electron chi connectivity index (χ4n) is 1.98. The minimum absolute atomic E-state index is 0.102. The number of para-hydroxylation sites is 1. The summed E-state index contributed by atoms with van der Waals surface area (Å²) >= 11 is 0. The molecule has 0 saturated carbocycles. The van der Waals surface area contributed by atoms with Crippen molar-refractivity contribution in [1.82, 2.24) is 5.01 Å². The fraction of sp³-hybridized carbons (Fsp3) is 0.417. The second-order valence-electron chi connectivity index (χ2n) is 3.87. The van der Waals surface area contributed by atoms with Crippen molar-refractivity contribution < 1.29 is 4.79 Å². The maximum Gasteiger partial charge on any atom is 0.245 e. The molecule has 15 heavy (non-hydrogen) atoms. The summed E-state index contributed by atoms with van der Waals surface area (Å²) in [6.45, 7) is 5.51. The molecule has 1 fully saturated rings. The van der Waals surface area contributed by atoms with Crippen LogP contribution in [0.25, 0.3) is 0 Å². The summed E-state index contributed by atoms with van der Waals surface area (Å²) in [6, 6.07) is 10.1. The minimum Gasteiger partial charge on any atom is -0.282 e. The Morgan fingerprint density at radius 1 is 1.33 bits per heavy atom. The lowest BCUT2D eigenvalue weighted by Gasteiger charge is -2.28. The van der Waals surface area contributed by atoms with E-state index >= 15 is 0 Å². The molecule has 3 nitrogen and oxygen atoms in total. The van der Waals surface area contributed by atoms with Gasteiger partial charge in [-0.15, -0.1) is 0 Å². The molecule has 1 atom stereocenters. The van der Waals surface area contributed by atoms with Gasteiger partial charge in [0, 0.05) is 6.54 Å². The van der Waals surface area contributed by atoms with E-state index in [1.54, 1.807) is 0 Å². The normalized spacial score (nSPS) is 21.2. The van der Waals surface area contributed by atoms with E-state index in [9.17, 15) is 4.79 Å². The highest BCUT2D eigenvalue weighted by Crippen LogP contribution is 2.24. The van der Waals surface area contributed by atoms with E-state index < -0.39 is 0 Å². The smallest absolute Gasteiger partial charge is 0.245 e. The Labute approximate surface area is 90.3 Å². The lowest BCUT2D eigenvalue weighted by atomic mass is 10.2. The largest absolute Gasteiger partial charge is 0.282 e. The fourth-order valence-corrected chi connectivity index (χ4v) is 1.98. The molecule has 2 rings (SSSR count). The van der Waals surface area contributed by atoms with Crippen molar-refractivity contribution in [3.05, 3.63) is 30.3 Å². The Morgan fingerprint density at radius 2 is 2.00 bits per heavy atom. The molecule has 1 amide bonds. The van der Waals surface area contributed by atoms with Gasteiger partial charge < -0.3 is 0 Å². The van der Waals surface area contributed by atoms with Gasteiger partial charge >= 0.3 is 0 Å². The monoisotopic (exact) mass is 204 g/mol. The van der Waals surface area contributed by atoms with Crippen LogP contribution in [0.15, 0.2) is 30.3 Å². The van der Waals surface area contributed by atoms with E-state index in [0.29, 0.717) is 0 Å². The number of carbonyl (C=O) groups is 1. The predicted molar refractivity (Wildman–Crippen MR) is 60.3 cm³/mol. The third-order valence-electron chi connectivity index (χ3n) is 2.77. The van der Waals surface area contributed by atoms with Gasteiger partial charge in [-0.3, -0.25) is 14.8 Å². The van der Waals surface area contributed by atoms with Gasteiger partial charge in [0.1, 0.15) is 0 Å². The lowest BCUT2D eigenvalue weighted by Crippen LogP contribution is -2.38. The van der Waals surface area contributed by atoms with E-state index in [-0.39, 0.29) is 11.8 Å². The first-order valence-electron chi connectivity index (χ1n) is 5.38. The molecule has 1 aliphatic heterocycles. The molecule has 80 valence electrons. The molecule has 3 heteroatoms. The zero-order valence-corrected chi connectivity index (χ0v) is 9.18. The molecule has 0 bridgehead atoms. The Morgan fingerprint density at radius 3 is 2.60 bits per heavy atom. The number of anilines is 1. The summed E-state index contributed by atoms with van der Waals surface area (Å²) in [4.78, 5) is 11.8. The summed E-state index contributed by atoms with van der Waals surface area (Å²) < 4.78 is 0. The second kappa shape index (κ2) is 3.93. The third-order valence-corrected chi connectivity index (χ3v) is 2.77. The SMILES string of the molecule is CCN1C(=O)C(C)CN1c1ccccc1. The van der Waals surface area contributed by atoms with Crippen LogP contribution in [0.2, 0.25) is 0 Å². The van der Waals surface area contributed by atoms with Crippen molar-refractivity contribution >= 4 is 11.6 Å². The molecule has 1 aromatic carbocycles. The Hall–Kier alpha value is -1.51. The maximum atomic E-state index is 11.8. The number of hydrogen-bond acceptors (Lipinski definition) is 2. The zero-order chi connectivity index (χ0) is 10.8. The van der Waals surface area contributed by atoms with Crippen LogP contribution in [0.4, 0.5) is 5.69 Å². The average molecular weight is 204 g/mol. The van der Waals surface area contributed by atoms with E-state index in [1.165, 1.54) is 0 Å². The summed E-state index contributed by atoms with van der Waals surface area (Å²) in [7, 11) is 0. The van der Waals surface area contributed by atoms with Crippen LogP contribution in [0.1, 0.15) is 13.8 Å². The van der Waals surface area contributed by atoms with Gasteiger partial charge in [0.05, 0.1) is 18.2 Å². The highest BCUT2D eigenvalue weighted by atomic mass is 16.2.